The van der Waals surface area contributed by atoms with Crippen molar-refractivity contribution in [3.63, 3.8) is 0 Å². The summed E-state index contributed by atoms with van der Waals surface area (Å²) in [6, 6.07) is 18.8. The molecule has 3 rings (SSSR count). The average Bonchev–Trinajstić information content (AvgIpc) is 2.80. The Morgan fingerprint density at radius 1 is 0.879 bits per heavy atom. The maximum absolute atomic E-state index is 13.4. The number of sulfonamides is 1. The van der Waals surface area contributed by atoms with Crippen LogP contribution in [0.2, 0.25) is 10.0 Å². The fourth-order valence-electron chi connectivity index (χ4n) is 3.55. The van der Waals surface area contributed by atoms with E-state index in [0.717, 1.165) is 34.0 Å². The lowest BCUT2D eigenvalue weighted by atomic mass is 10.0. The van der Waals surface area contributed by atoms with Gasteiger partial charge < -0.3 is 5.32 Å². The zero-order chi connectivity index (χ0) is 24.0. The lowest BCUT2D eigenvalue weighted by molar-refractivity contribution is -0.116. The van der Waals surface area contributed by atoms with Gasteiger partial charge in [0.1, 0.15) is 0 Å². The molecule has 3 aromatic rings. The maximum atomic E-state index is 13.4. The van der Waals surface area contributed by atoms with Gasteiger partial charge in [0.2, 0.25) is 15.9 Å². The summed E-state index contributed by atoms with van der Waals surface area (Å²) in [7, 11) is -3.96. The van der Waals surface area contributed by atoms with Crippen LogP contribution >= 0.6 is 23.2 Å². The van der Waals surface area contributed by atoms with Gasteiger partial charge in [-0.05, 0) is 53.8 Å². The minimum Gasteiger partial charge on any atom is -0.324 e. The second kappa shape index (κ2) is 11.2. The van der Waals surface area contributed by atoms with Gasteiger partial charge in [-0.1, -0.05) is 79.5 Å². The summed E-state index contributed by atoms with van der Waals surface area (Å²) >= 11 is 12.3. The van der Waals surface area contributed by atoms with E-state index in [1.807, 2.05) is 32.0 Å². The molecule has 0 aliphatic heterocycles. The summed E-state index contributed by atoms with van der Waals surface area (Å²) in [6.07, 6.45) is 1.49. The Hall–Kier alpha value is -2.38. The standard InChI is InChI=1S/C25H26Cl2N2O3S/c1-3-18-9-8-10-19(4-2)25(18)28-24(30)17-29(16-20-13-14-21(26)15-23(20)27)33(31,32)22-11-6-5-7-12-22/h5-15H,3-4,16-17H2,1-2H3,(H,28,30). The Labute approximate surface area is 205 Å². The third kappa shape index (κ3) is 6.15. The van der Waals surface area contributed by atoms with Crippen LogP contribution in [0.25, 0.3) is 0 Å². The van der Waals surface area contributed by atoms with Gasteiger partial charge in [-0.2, -0.15) is 4.31 Å². The van der Waals surface area contributed by atoms with Crippen molar-refractivity contribution >= 4 is 44.8 Å². The number of para-hydroxylation sites is 1. The van der Waals surface area contributed by atoms with E-state index >= 15 is 0 Å². The highest BCUT2D eigenvalue weighted by Gasteiger charge is 2.28. The molecule has 0 unspecified atom stereocenters. The molecular weight excluding hydrogens is 479 g/mol. The fraction of sp³-hybridized carbons (Fsp3) is 0.240. The van der Waals surface area contributed by atoms with E-state index in [1.54, 1.807) is 36.4 Å². The highest BCUT2D eigenvalue weighted by molar-refractivity contribution is 7.89. The molecule has 0 bridgehead atoms. The van der Waals surface area contributed by atoms with Crippen LogP contribution in [0.1, 0.15) is 30.5 Å². The summed E-state index contributed by atoms with van der Waals surface area (Å²) in [5.74, 6) is -0.421. The summed E-state index contributed by atoms with van der Waals surface area (Å²) in [5, 5.41) is 3.73. The van der Waals surface area contributed by atoms with E-state index in [0.29, 0.717) is 15.6 Å². The number of hydrogen-bond acceptors (Lipinski definition) is 3. The molecular formula is C25H26Cl2N2O3S. The van der Waals surface area contributed by atoms with Gasteiger partial charge in [-0.25, -0.2) is 8.42 Å². The summed E-state index contributed by atoms with van der Waals surface area (Å²) in [5.41, 5.74) is 3.30. The first-order valence-corrected chi connectivity index (χ1v) is 12.9. The quantitative estimate of drug-likeness (QED) is 0.391. The van der Waals surface area contributed by atoms with E-state index in [-0.39, 0.29) is 18.0 Å². The Bertz CT molecular complexity index is 1210. The van der Waals surface area contributed by atoms with Crippen molar-refractivity contribution in [2.45, 2.75) is 38.1 Å². The van der Waals surface area contributed by atoms with Crippen molar-refractivity contribution in [3.05, 3.63) is 93.5 Å². The number of nitrogens with zero attached hydrogens (tertiary/aromatic N) is 1. The van der Waals surface area contributed by atoms with Crippen LogP contribution < -0.4 is 5.32 Å². The van der Waals surface area contributed by atoms with Gasteiger partial charge in [0.05, 0.1) is 11.4 Å². The number of carbonyl (C=O) groups is 1. The lowest BCUT2D eigenvalue weighted by Crippen LogP contribution is -2.38. The smallest absolute Gasteiger partial charge is 0.243 e. The second-order valence-electron chi connectivity index (χ2n) is 7.53. The van der Waals surface area contributed by atoms with Gasteiger partial charge in [-0.3, -0.25) is 4.79 Å². The minimum absolute atomic E-state index is 0.0727. The van der Waals surface area contributed by atoms with Gasteiger partial charge in [0, 0.05) is 22.3 Å². The molecule has 0 aliphatic rings. The van der Waals surface area contributed by atoms with Crippen LogP contribution in [0.5, 0.6) is 0 Å². The third-order valence-corrected chi connectivity index (χ3v) is 7.72. The van der Waals surface area contributed by atoms with E-state index in [2.05, 4.69) is 5.32 Å². The number of amides is 1. The van der Waals surface area contributed by atoms with E-state index in [1.165, 1.54) is 12.1 Å². The minimum atomic E-state index is -3.96. The zero-order valence-corrected chi connectivity index (χ0v) is 20.8. The number of benzene rings is 3. The highest BCUT2D eigenvalue weighted by atomic mass is 35.5. The summed E-state index contributed by atoms with van der Waals surface area (Å²) < 4.78 is 28.0. The molecule has 174 valence electrons. The molecule has 0 fully saturated rings. The maximum Gasteiger partial charge on any atom is 0.243 e. The SMILES string of the molecule is CCc1cccc(CC)c1NC(=O)CN(Cc1ccc(Cl)cc1Cl)S(=O)(=O)c1ccccc1. The molecule has 0 heterocycles. The monoisotopic (exact) mass is 504 g/mol. The predicted octanol–water partition coefficient (Wildman–Crippen LogP) is 5.95. The molecule has 0 spiro atoms. The van der Waals surface area contributed by atoms with Gasteiger partial charge in [0.15, 0.2) is 0 Å². The van der Waals surface area contributed by atoms with Crippen molar-refractivity contribution in [3.8, 4) is 0 Å². The number of carbonyl (C=O) groups excluding carboxylic acids is 1. The van der Waals surface area contributed by atoms with Crippen molar-refractivity contribution in [2.24, 2.45) is 0 Å². The zero-order valence-electron chi connectivity index (χ0n) is 18.5. The molecule has 5 nitrogen and oxygen atoms in total. The van der Waals surface area contributed by atoms with Gasteiger partial charge >= 0.3 is 0 Å². The number of nitrogens with one attached hydrogen (secondary N) is 1. The van der Waals surface area contributed by atoms with Crippen LogP contribution in [0.15, 0.2) is 71.6 Å². The molecule has 0 saturated heterocycles. The van der Waals surface area contributed by atoms with Crippen LogP contribution in [-0.4, -0.2) is 25.2 Å². The molecule has 0 radical (unpaired) electrons. The largest absolute Gasteiger partial charge is 0.324 e. The van der Waals surface area contributed by atoms with E-state index in [4.69, 9.17) is 23.2 Å². The summed E-state index contributed by atoms with van der Waals surface area (Å²) in [6.45, 7) is 3.59. The van der Waals surface area contributed by atoms with Crippen molar-refractivity contribution < 1.29 is 13.2 Å². The molecule has 1 amide bonds. The number of halogens is 2. The van der Waals surface area contributed by atoms with Crippen LogP contribution in [0, 0.1) is 0 Å². The van der Waals surface area contributed by atoms with Crippen molar-refractivity contribution in [1.29, 1.82) is 0 Å². The molecule has 0 saturated carbocycles. The van der Waals surface area contributed by atoms with Gasteiger partial charge in [0.25, 0.3) is 0 Å². The van der Waals surface area contributed by atoms with Crippen LogP contribution in [0.3, 0.4) is 0 Å². The van der Waals surface area contributed by atoms with E-state index < -0.39 is 15.9 Å². The Morgan fingerprint density at radius 2 is 1.52 bits per heavy atom. The molecule has 3 aromatic carbocycles. The number of hydrogen-bond donors (Lipinski definition) is 1. The first-order chi connectivity index (χ1) is 15.8. The Morgan fingerprint density at radius 3 is 2.09 bits per heavy atom. The Balaban J connectivity index is 1.94. The first-order valence-electron chi connectivity index (χ1n) is 10.7. The molecule has 0 atom stereocenters. The molecule has 0 aromatic heterocycles. The Kier molecular flexibility index (Phi) is 8.54. The van der Waals surface area contributed by atoms with Crippen LogP contribution in [0.4, 0.5) is 5.69 Å². The predicted molar refractivity (Wildman–Crippen MR) is 134 cm³/mol. The van der Waals surface area contributed by atoms with Crippen molar-refractivity contribution in [1.82, 2.24) is 4.31 Å². The number of anilines is 1. The number of rotatable bonds is 9. The van der Waals surface area contributed by atoms with Crippen LogP contribution in [-0.2, 0) is 34.2 Å². The second-order valence-corrected chi connectivity index (χ2v) is 10.3. The van der Waals surface area contributed by atoms with E-state index in [9.17, 15) is 13.2 Å². The first kappa shape index (κ1) is 25.2. The fourth-order valence-corrected chi connectivity index (χ4v) is 5.41. The van der Waals surface area contributed by atoms with Gasteiger partial charge in [-0.15, -0.1) is 0 Å². The lowest BCUT2D eigenvalue weighted by Gasteiger charge is -2.23. The third-order valence-electron chi connectivity index (χ3n) is 5.33. The molecule has 8 heteroatoms. The number of aryl methyl sites for hydroxylation is 2. The van der Waals surface area contributed by atoms with Crippen molar-refractivity contribution in [2.75, 3.05) is 11.9 Å². The summed E-state index contributed by atoms with van der Waals surface area (Å²) in [4.78, 5) is 13.2. The topological polar surface area (TPSA) is 66.5 Å². The average molecular weight is 505 g/mol. The molecule has 0 aliphatic carbocycles. The highest BCUT2D eigenvalue weighted by Crippen LogP contribution is 2.26. The normalized spacial score (nSPS) is 11.5. The molecule has 1 N–H and O–H groups in total. The molecule has 33 heavy (non-hydrogen) atoms.